The van der Waals surface area contributed by atoms with Crippen LogP contribution in [0.2, 0.25) is 0 Å². The Labute approximate surface area is 207 Å². The van der Waals surface area contributed by atoms with E-state index in [4.69, 9.17) is 14.2 Å². The zero-order chi connectivity index (χ0) is 25.2. The molecule has 2 amide bonds. The Bertz CT molecular complexity index is 995. The van der Waals surface area contributed by atoms with E-state index in [1.165, 1.54) is 0 Å². The summed E-state index contributed by atoms with van der Waals surface area (Å²) in [5.41, 5.74) is 1.57. The maximum absolute atomic E-state index is 13.0. The molecule has 0 saturated carbocycles. The van der Waals surface area contributed by atoms with Crippen molar-refractivity contribution in [1.29, 1.82) is 0 Å². The molecule has 35 heavy (non-hydrogen) atoms. The number of methoxy groups -OCH3 is 1. The molecule has 2 aromatic rings. The van der Waals surface area contributed by atoms with Gasteiger partial charge in [0.2, 0.25) is 11.8 Å². The molecular formula is C27H37N3O5. The number of para-hydroxylation sites is 2. The van der Waals surface area contributed by atoms with Crippen molar-refractivity contribution in [2.45, 2.75) is 39.7 Å². The van der Waals surface area contributed by atoms with Gasteiger partial charge in [0.05, 0.1) is 45.1 Å². The van der Waals surface area contributed by atoms with Gasteiger partial charge in [-0.15, -0.1) is 0 Å². The Kier molecular flexibility index (Phi) is 9.78. The number of carbonyl (C=O) groups excluding carboxylic acids is 2. The maximum atomic E-state index is 13.0. The van der Waals surface area contributed by atoms with Crippen molar-refractivity contribution in [3.63, 3.8) is 0 Å². The minimum absolute atomic E-state index is 0.107. The zero-order valence-corrected chi connectivity index (χ0v) is 21.1. The molecule has 1 aliphatic rings. The summed E-state index contributed by atoms with van der Waals surface area (Å²) in [6, 6.07) is 12.9. The number of carbonyl (C=O) groups is 2. The molecule has 190 valence electrons. The maximum Gasteiger partial charge on any atom is 0.238 e. The van der Waals surface area contributed by atoms with Crippen molar-refractivity contribution >= 4 is 17.5 Å². The number of hydrogen-bond acceptors (Lipinski definition) is 6. The molecule has 0 aromatic heterocycles. The van der Waals surface area contributed by atoms with Crippen LogP contribution in [-0.2, 0) is 9.59 Å². The Morgan fingerprint density at radius 1 is 1.03 bits per heavy atom. The van der Waals surface area contributed by atoms with Crippen LogP contribution in [-0.4, -0.2) is 56.7 Å². The molecule has 0 radical (unpaired) electrons. The van der Waals surface area contributed by atoms with Crippen LogP contribution in [0, 0.1) is 5.92 Å². The number of nitrogens with zero attached hydrogens (tertiary/aromatic N) is 1. The van der Waals surface area contributed by atoms with Crippen LogP contribution in [0.1, 0.15) is 45.2 Å². The Morgan fingerprint density at radius 2 is 1.74 bits per heavy atom. The van der Waals surface area contributed by atoms with Gasteiger partial charge in [-0.3, -0.25) is 14.5 Å². The number of amides is 2. The van der Waals surface area contributed by atoms with Gasteiger partial charge in [0, 0.05) is 6.42 Å². The fraction of sp³-hybridized carbons (Fsp3) is 0.481. The van der Waals surface area contributed by atoms with E-state index in [1.807, 2.05) is 42.2 Å². The largest absolute Gasteiger partial charge is 0.495 e. The van der Waals surface area contributed by atoms with Gasteiger partial charge in [0.25, 0.3) is 0 Å². The summed E-state index contributed by atoms with van der Waals surface area (Å²) >= 11 is 0. The summed E-state index contributed by atoms with van der Waals surface area (Å²) in [6.45, 7) is 8.26. The number of ether oxygens (including phenoxy) is 3. The lowest BCUT2D eigenvalue weighted by Crippen LogP contribution is -2.43. The fourth-order valence-electron chi connectivity index (χ4n) is 4.10. The Balaban J connectivity index is 1.63. The lowest BCUT2D eigenvalue weighted by molar-refractivity contribution is -0.124. The predicted molar refractivity (Wildman–Crippen MR) is 136 cm³/mol. The standard InChI is InChI=1S/C27H37N3O5/c1-5-13-30(17-25(31)28-21-9-6-7-10-22(21)33-4)18-26(32)29-27(19(2)3)20-11-12-23-24(16-20)35-15-8-14-34-23/h6-7,9-12,16,19,27H,5,8,13-15,17-18H2,1-4H3,(H,28,31)(H,29,32). The summed E-state index contributed by atoms with van der Waals surface area (Å²) in [5, 5.41) is 6.04. The van der Waals surface area contributed by atoms with Crippen molar-refractivity contribution in [3.8, 4) is 17.2 Å². The minimum atomic E-state index is -0.195. The molecule has 0 spiro atoms. The van der Waals surface area contributed by atoms with Gasteiger partial charge in [0.1, 0.15) is 5.75 Å². The first-order valence-electron chi connectivity index (χ1n) is 12.2. The molecule has 0 fully saturated rings. The van der Waals surface area contributed by atoms with Crippen molar-refractivity contribution in [1.82, 2.24) is 10.2 Å². The lowest BCUT2D eigenvalue weighted by Gasteiger charge is -2.26. The van der Waals surface area contributed by atoms with Crippen LogP contribution < -0.4 is 24.8 Å². The normalized spacial score (nSPS) is 13.8. The highest BCUT2D eigenvalue weighted by atomic mass is 16.5. The number of anilines is 1. The topological polar surface area (TPSA) is 89.1 Å². The number of benzene rings is 2. The van der Waals surface area contributed by atoms with E-state index >= 15 is 0 Å². The van der Waals surface area contributed by atoms with Gasteiger partial charge in [0.15, 0.2) is 11.5 Å². The number of hydrogen-bond donors (Lipinski definition) is 2. The Hall–Kier alpha value is -3.26. The third kappa shape index (κ3) is 7.62. The number of nitrogens with one attached hydrogen (secondary N) is 2. The zero-order valence-electron chi connectivity index (χ0n) is 21.1. The average Bonchev–Trinajstić information content (AvgIpc) is 3.07. The summed E-state index contributed by atoms with van der Waals surface area (Å²) in [6.07, 6.45) is 1.66. The highest BCUT2D eigenvalue weighted by molar-refractivity contribution is 5.94. The molecule has 8 nitrogen and oxygen atoms in total. The number of fused-ring (bicyclic) bond motifs is 1. The van der Waals surface area contributed by atoms with Gasteiger partial charge in [-0.2, -0.15) is 0 Å². The van der Waals surface area contributed by atoms with E-state index in [0.717, 1.165) is 24.2 Å². The summed E-state index contributed by atoms with van der Waals surface area (Å²) in [5.74, 6) is 1.87. The van der Waals surface area contributed by atoms with E-state index in [9.17, 15) is 9.59 Å². The van der Waals surface area contributed by atoms with Gasteiger partial charge >= 0.3 is 0 Å². The molecular weight excluding hydrogens is 446 g/mol. The predicted octanol–water partition coefficient (Wildman–Crippen LogP) is 4.02. The van der Waals surface area contributed by atoms with Gasteiger partial charge < -0.3 is 24.8 Å². The summed E-state index contributed by atoms with van der Waals surface area (Å²) < 4.78 is 16.9. The van der Waals surface area contributed by atoms with Gasteiger partial charge in [-0.1, -0.05) is 39.0 Å². The van der Waals surface area contributed by atoms with E-state index in [2.05, 4.69) is 24.5 Å². The lowest BCUT2D eigenvalue weighted by atomic mass is 9.95. The molecule has 8 heteroatoms. The average molecular weight is 484 g/mol. The van der Waals surface area contributed by atoms with Crippen molar-refractivity contribution < 1.29 is 23.8 Å². The smallest absolute Gasteiger partial charge is 0.238 e. The quantitative estimate of drug-likeness (QED) is 0.502. The second kappa shape index (κ2) is 13.0. The van der Waals surface area contributed by atoms with E-state index in [0.29, 0.717) is 36.9 Å². The third-order valence-corrected chi connectivity index (χ3v) is 5.77. The van der Waals surface area contributed by atoms with E-state index < -0.39 is 0 Å². The minimum Gasteiger partial charge on any atom is -0.495 e. The Morgan fingerprint density at radius 3 is 2.46 bits per heavy atom. The second-order valence-corrected chi connectivity index (χ2v) is 9.00. The monoisotopic (exact) mass is 483 g/mol. The molecule has 0 bridgehead atoms. The van der Waals surface area contributed by atoms with Crippen molar-refractivity contribution in [3.05, 3.63) is 48.0 Å². The molecule has 1 atom stereocenters. The first-order chi connectivity index (χ1) is 16.9. The third-order valence-electron chi connectivity index (χ3n) is 5.77. The first kappa shape index (κ1) is 26.3. The highest BCUT2D eigenvalue weighted by Gasteiger charge is 2.23. The molecule has 3 rings (SSSR count). The van der Waals surface area contributed by atoms with Crippen LogP contribution in [0.3, 0.4) is 0 Å². The van der Waals surface area contributed by atoms with E-state index in [1.54, 1.807) is 19.2 Å². The van der Waals surface area contributed by atoms with Crippen LogP contribution >= 0.6 is 0 Å². The molecule has 2 aromatic carbocycles. The molecule has 2 N–H and O–H groups in total. The fourth-order valence-corrected chi connectivity index (χ4v) is 4.10. The van der Waals surface area contributed by atoms with Crippen LogP contribution in [0.4, 0.5) is 5.69 Å². The van der Waals surface area contributed by atoms with Crippen LogP contribution in [0.15, 0.2) is 42.5 Å². The SMILES string of the molecule is CCCN(CC(=O)Nc1ccccc1OC)CC(=O)NC(c1ccc2c(c1)OCCCO2)C(C)C. The van der Waals surface area contributed by atoms with Gasteiger partial charge in [-0.25, -0.2) is 0 Å². The van der Waals surface area contributed by atoms with Crippen LogP contribution in [0.25, 0.3) is 0 Å². The molecule has 1 heterocycles. The highest BCUT2D eigenvalue weighted by Crippen LogP contribution is 2.34. The first-order valence-corrected chi connectivity index (χ1v) is 12.2. The van der Waals surface area contributed by atoms with Crippen LogP contribution in [0.5, 0.6) is 17.2 Å². The van der Waals surface area contributed by atoms with Crippen molar-refractivity contribution in [2.24, 2.45) is 5.92 Å². The molecule has 1 unspecified atom stereocenters. The molecule has 1 aliphatic heterocycles. The molecule has 0 saturated heterocycles. The summed E-state index contributed by atoms with van der Waals surface area (Å²) in [4.78, 5) is 27.6. The second-order valence-electron chi connectivity index (χ2n) is 9.00. The number of rotatable bonds is 11. The van der Waals surface area contributed by atoms with Crippen molar-refractivity contribution in [2.75, 3.05) is 45.3 Å². The van der Waals surface area contributed by atoms with Gasteiger partial charge in [-0.05, 0) is 48.7 Å². The van der Waals surface area contributed by atoms with E-state index in [-0.39, 0.29) is 36.9 Å². The molecule has 0 aliphatic carbocycles. The summed E-state index contributed by atoms with van der Waals surface area (Å²) in [7, 11) is 1.56.